The van der Waals surface area contributed by atoms with Crippen molar-refractivity contribution >= 4 is 29.2 Å². The molecule has 0 atom stereocenters. The first-order valence-corrected chi connectivity index (χ1v) is 5.13. The number of esters is 1. The van der Waals surface area contributed by atoms with Gasteiger partial charge in [0.05, 0.1) is 18.1 Å². The van der Waals surface area contributed by atoms with E-state index in [1.165, 1.54) is 12.1 Å². The number of ether oxygens (including phenoxy) is 1. The molecule has 0 saturated heterocycles. The van der Waals surface area contributed by atoms with E-state index < -0.39 is 5.97 Å². The van der Waals surface area contributed by atoms with E-state index in [9.17, 15) is 9.90 Å². The van der Waals surface area contributed by atoms with Crippen LogP contribution in [0.1, 0.15) is 12.5 Å². The number of hydrogen-bond donors (Lipinski definition) is 1. The lowest BCUT2D eigenvalue weighted by Crippen LogP contribution is -2.08. The average molecular weight is 249 g/mol. The van der Waals surface area contributed by atoms with Crippen LogP contribution in [0.3, 0.4) is 0 Å². The van der Waals surface area contributed by atoms with Gasteiger partial charge in [-0.1, -0.05) is 23.2 Å². The summed E-state index contributed by atoms with van der Waals surface area (Å²) in [6.45, 7) is 2.01. The van der Waals surface area contributed by atoms with Gasteiger partial charge in [-0.05, 0) is 19.1 Å². The van der Waals surface area contributed by atoms with Crippen molar-refractivity contribution in [3.05, 3.63) is 27.7 Å². The first-order chi connectivity index (χ1) is 7.06. The Morgan fingerprint density at radius 3 is 2.73 bits per heavy atom. The molecule has 1 rings (SSSR count). The molecule has 82 valence electrons. The molecule has 0 heterocycles. The Hall–Kier alpha value is -0.930. The normalized spacial score (nSPS) is 10.1. The van der Waals surface area contributed by atoms with Gasteiger partial charge in [-0.15, -0.1) is 0 Å². The number of rotatable bonds is 3. The second-order valence-corrected chi connectivity index (χ2v) is 3.63. The molecule has 3 nitrogen and oxygen atoms in total. The second-order valence-electron chi connectivity index (χ2n) is 2.84. The molecule has 15 heavy (non-hydrogen) atoms. The van der Waals surface area contributed by atoms with Crippen LogP contribution in [-0.2, 0) is 16.0 Å². The number of halogens is 2. The molecule has 0 aliphatic carbocycles. The van der Waals surface area contributed by atoms with Gasteiger partial charge < -0.3 is 9.84 Å². The summed E-state index contributed by atoms with van der Waals surface area (Å²) in [6, 6.07) is 2.86. The fraction of sp³-hybridized carbons (Fsp3) is 0.300. The zero-order valence-corrected chi connectivity index (χ0v) is 9.60. The molecule has 0 spiro atoms. The van der Waals surface area contributed by atoms with Crippen molar-refractivity contribution in [2.45, 2.75) is 13.3 Å². The fourth-order valence-corrected chi connectivity index (χ4v) is 1.61. The van der Waals surface area contributed by atoms with E-state index >= 15 is 0 Å². The van der Waals surface area contributed by atoms with Gasteiger partial charge in [-0.3, -0.25) is 4.79 Å². The molecule has 0 amide bonds. The van der Waals surface area contributed by atoms with Crippen LogP contribution in [-0.4, -0.2) is 17.7 Å². The third-order valence-corrected chi connectivity index (χ3v) is 2.57. The van der Waals surface area contributed by atoms with Gasteiger partial charge in [0, 0.05) is 10.6 Å². The van der Waals surface area contributed by atoms with Crippen LogP contribution in [0.2, 0.25) is 10.0 Å². The van der Waals surface area contributed by atoms with Crippen molar-refractivity contribution in [2.24, 2.45) is 0 Å². The highest BCUT2D eigenvalue weighted by atomic mass is 35.5. The van der Waals surface area contributed by atoms with Crippen LogP contribution < -0.4 is 0 Å². The van der Waals surface area contributed by atoms with Crippen LogP contribution in [0.15, 0.2) is 12.1 Å². The molecule has 1 N–H and O–H groups in total. The maximum atomic E-state index is 11.2. The lowest BCUT2D eigenvalue weighted by molar-refractivity contribution is -0.142. The third-order valence-electron chi connectivity index (χ3n) is 1.79. The van der Waals surface area contributed by atoms with E-state index in [-0.39, 0.29) is 17.2 Å². The molecule has 0 bridgehead atoms. The molecular weight excluding hydrogens is 239 g/mol. The van der Waals surface area contributed by atoms with Gasteiger partial charge in [0.15, 0.2) is 0 Å². The molecular formula is C10H10Cl2O3. The first-order valence-electron chi connectivity index (χ1n) is 4.37. The highest BCUT2D eigenvalue weighted by Crippen LogP contribution is 2.32. The van der Waals surface area contributed by atoms with E-state index in [2.05, 4.69) is 0 Å². The fourth-order valence-electron chi connectivity index (χ4n) is 1.10. The van der Waals surface area contributed by atoms with Gasteiger partial charge >= 0.3 is 5.97 Å². The summed E-state index contributed by atoms with van der Waals surface area (Å²) in [5.41, 5.74) is 0.386. The van der Waals surface area contributed by atoms with Gasteiger partial charge in [0.1, 0.15) is 5.75 Å². The van der Waals surface area contributed by atoms with Crippen molar-refractivity contribution in [3.63, 3.8) is 0 Å². The van der Waals surface area contributed by atoms with Crippen LogP contribution in [0.4, 0.5) is 0 Å². The van der Waals surface area contributed by atoms with Gasteiger partial charge in [-0.25, -0.2) is 0 Å². The van der Waals surface area contributed by atoms with E-state index in [1.807, 2.05) is 0 Å². The molecule has 0 unspecified atom stereocenters. The van der Waals surface area contributed by atoms with E-state index in [4.69, 9.17) is 27.9 Å². The van der Waals surface area contributed by atoms with E-state index in [1.54, 1.807) is 6.92 Å². The lowest BCUT2D eigenvalue weighted by Gasteiger charge is -2.07. The maximum Gasteiger partial charge on any atom is 0.310 e. The number of carbonyl (C=O) groups excluding carboxylic acids is 1. The topological polar surface area (TPSA) is 46.5 Å². The minimum absolute atomic E-state index is 0.0418. The Bertz CT molecular complexity index is 377. The van der Waals surface area contributed by atoms with Gasteiger partial charge in [0.25, 0.3) is 0 Å². The summed E-state index contributed by atoms with van der Waals surface area (Å²) in [7, 11) is 0. The Kier molecular flexibility index (Phi) is 4.24. The zero-order chi connectivity index (χ0) is 11.4. The summed E-state index contributed by atoms with van der Waals surface area (Å²) in [5.74, 6) is -0.521. The molecule has 0 radical (unpaired) electrons. The summed E-state index contributed by atoms with van der Waals surface area (Å²) in [4.78, 5) is 11.2. The van der Waals surface area contributed by atoms with Gasteiger partial charge in [-0.2, -0.15) is 0 Å². The quantitative estimate of drug-likeness (QED) is 0.838. The molecule has 0 aliphatic rings. The summed E-state index contributed by atoms with van der Waals surface area (Å²) < 4.78 is 4.76. The number of aromatic hydroxyl groups is 1. The number of benzene rings is 1. The SMILES string of the molecule is CCOC(=O)Cc1c(Cl)ccc(O)c1Cl. The average Bonchev–Trinajstić information content (AvgIpc) is 2.19. The number of hydrogen-bond acceptors (Lipinski definition) is 3. The van der Waals surface area contributed by atoms with Crippen LogP contribution in [0.5, 0.6) is 5.75 Å². The van der Waals surface area contributed by atoms with Crippen molar-refractivity contribution in [3.8, 4) is 5.75 Å². The van der Waals surface area contributed by atoms with Gasteiger partial charge in [0.2, 0.25) is 0 Å². The molecule has 0 fully saturated rings. The standard InChI is InChI=1S/C10H10Cl2O3/c1-2-15-9(14)5-6-7(11)3-4-8(13)10(6)12/h3-4,13H,2,5H2,1H3. The highest BCUT2D eigenvalue weighted by Gasteiger charge is 2.14. The minimum Gasteiger partial charge on any atom is -0.506 e. The van der Waals surface area contributed by atoms with Crippen LogP contribution >= 0.6 is 23.2 Å². The van der Waals surface area contributed by atoms with E-state index in [0.29, 0.717) is 17.2 Å². The van der Waals surface area contributed by atoms with E-state index in [0.717, 1.165) is 0 Å². The van der Waals surface area contributed by atoms with Crippen molar-refractivity contribution in [1.82, 2.24) is 0 Å². The second kappa shape index (κ2) is 5.24. The summed E-state index contributed by atoms with van der Waals surface area (Å²) in [6.07, 6.45) is -0.0418. The zero-order valence-electron chi connectivity index (χ0n) is 8.09. The largest absolute Gasteiger partial charge is 0.506 e. The van der Waals surface area contributed by atoms with Crippen molar-refractivity contribution in [1.29, 1.82) is 0 Å². The molecule has 0 saturated carbocycles. The highest BCUT2D eigenvalue weighted by molar-refractivity contribution is 6.37. The van der Waals surface area contributed by atoms with Crippen molar-refractivity contribution in [2.75, 3.05) is 6.61 Å². The molecule has 5 heteroatoms. The smallest absolute Gasteiger partial charge is 0.310 e. The summed E-state index contributed by atoms with van der Waals surface area (Å²) in [5, 5.41) is 9.76. The lowest BCUT2D eigenvalue weighted by atomic mass is 10.1. The third kappa shape index (κ3) is 3.01. The van der Waals surface area contributed by atoms with Crippen LogP contribution in [0.25, 0.3) is 0 Å². The predicted octanol–water partition coefficient (Wildman–Crippen LogP) is 2.80. The number of carbonyl (C=O) groups is 1. The number of phenols is 1. The minimum atomic E-state index is -0.424. The van der Waals surface area contributed by atoms with Crippen molar-refractivity contribution < 1.29 is 14.6 Å². The molecule has 1 aromatic carbocycles. The number of phenolic OH excluding ortho intramolecular Hbond substituents is 1. The molecule has 0 aliphatic heterocycles. The monoisotopic (exact) mass is 248 g/mol. The molecule has 1 aromatic rings. The molecule has 0 aromatic heterocycles. The Balaban J connectivity index is 2.93. The maximum absolute atomic E-state index is 11.2. The Morgan fingerprint density at radius 1 is 1.47 bits per heavy atom. The Morgan fingerprint density at radius 2 is 2.13 bits per heavy atom. The van der Waals surface area contributed by atoms with Crippen LogP contribution in [0, 0.1) is 0 Å². The predicted molar refractivity (Wildman–Crippen MR) is 58.5 cm³/mol. The Labute approximate surface area is 97.6 Å². The summed E-state index contributed by atoms with van der Waals surface area (Å²) >= 11 is 11.6. The first kappa shape index (κ1) is 12.1.